The molecule has 214 valence electrons. The molecule has 0 spiro atoms. The van der Waals surface area contributed by atoms with Crippen molar-refractivity contribution in [2.45, 2.75) is 44.5 Å². The molecule has 0 radical (unpaired) electrons. The molecule has 1 aromatic carbocycles. The maximum atomic E-state index is 13.7. The highest BCUT2D eigenvalue weighted by Crippen LogP contribution is 2.38. The van der Waals surface area contributed by atoms with Crippen molar-refractivity contribution in [1.29, 1.82) is 0 Å². The number of hydrogen-bond acceptors (Lipinski definition) is 7. The summed E-state index contributed by atoms with van der Waals surface area (Å²) in [5.41, 5.74) is -1.18. The number of alkyl halides is 3. The molecule has 0 atom stereocenters. The molecule has 3 heterocycles. The second kappa shape index (κ2) is 11.0. The summed E-state index contributed by atoms with van der Waals surface area (Å²) in [6.45, 7) is 8.55. The molecule has 0 unspecified atom stereocenters. The third-order valence-corrected chi connectivity index (χ3v) is 7.34. The van der Waals surface area contributed by atoms with Gasteiger partial charge in [0.2, 0.25) is 0 Å². The second-order valence-corrected chi connectivity index (χ2v) is 11.9. The first kappa shape index (κ1) is 29.1. The number of amides is 1. The van der Waals surface area contributed by atoms with Gasteiger partial charge in [-0.3, -0.25) is 4.72 Å². The van der Waals surface area contributed by atoms with Gasteiger partial charge in [0.05, 0.1) is 11.3 Å². The molecule has 1 fully saturated rings. The minimum atomic E-state index is -4.69. The van der Waals surface area contributed by atoms with Crippen LogP contribution in [0.25, 0.3) is 11.3 Å². The molecule has 2 aromatic heterocycles. The zero-order chi connectivity index (χ0) is 29.3. The van der Waals surface area contributed by atoms with Crippen LogP contribution in [0.5, 0.6) is 0 Å². The van der Waals surface area contributed by atoms with Gasteiger partial charge in [-0.15, -0.1) is 0 Å². The Morgan fingerprint density at radius 2 is 1.60 bits per heavy atom. The van der Waals surface area contributed by atoms with Crippen LogP contribution in [0.3, 0.4) is 0 Å². The van der Waals surface area contributed by atoms with Gasteiger partial charge in [0.25, 0.3) is 10.0 Å². The number of carbonyl (C=O) groups is 1. The predicted octanol–water partition coefficient (Wildman–Crippen LogP) is 5.33. The number of halogens is 3. The number of aromatic nitrogens is 2. The normalized spacial score (nSPS) is 14.7. The zero-order valence-electron chi connectivity index (χ0n) is 22.5. The predicted molar refractivity (Wildman–Crippen MR) is 144 cm³/mol. The van der Waals surface area contributed by atoms with Crippen molar-refractivity contribution in [1.82, 2.24) is 14.9 Å². The van der Waals surface area contributed by atoms with Crippen LogP contribution in [-0.4, -0.2) is 61.2 Å². The first-order valence-corrected chi connectivity index (χ1v) is 14.0. The summed E-state index contributed by atoms with van der Waals surface area (Å²) in [5.74, 6) is 0.108. The highest BCUT2D eigenvalue weighted by Gasteiger charge is 2.35. The second-order valence-electron chi connectivity index (χ2n) is 10.3. The topological polar surface area (TPSA) is 105 Å². The number of benzene rings is 1. The number of ether oxygens (including phenoxy) is 1. The molecular formula is C27H30F3N5O4S. The van der Waals surface area contributed by atoms with E-state index in [0.717, 1.165) is 12.1 Å². The molecule has 0 bridgehead atoms. The van der Waals surface area contributed by atoms with E-state index in [1.807, 2.05) is 4.90 Å². The van der Waals surface area contributed by atoms with Crippen molar-refractivity contribution in [2.75, 3.05) is 35.8 Å². The fourth-order valence-electron chi connectivity index (χ4n) is 4.15. The number of nitrogens with zero attached hydrogens (tertiary/aromatic N) is 4. The third-order valence-electron chi connectivity index (χ3n) is 6.08. The van der Waals surface area contributed by atoms with E-state index >= 15 is 0 Å². The Balaban J connectivity index is 1.54. The third kappa shape index (κ3) is 6.82. The van der Waals surface area contributed by atoms with Crippen molar-refractivity contribution in [3.63, 3.8) is 0 Å². The average molecular weight is 578 g/mol. The van der Waals surface area contributed by atoms with Gasteiger partial charge in [0, 0.05) is 31.7 Å². The Bertz CT molecular complexity index is 1500. The molecule has 1 amide bonds. The number of anilines is 2. The summed E-state index contributed by atoms with van der Waals surface area (Å²) in [7, 11) is -4.29. The molecule has 3 aromatic rings. The van der Waals surface area contributed by atoms with Gasteiger partial charge in [0.1, 0.15) is 17.2 Å². The molecule has 1 N–H and O–H groups in total. The standard InChI is InChI=1S/C27H30F3N5O4S/c1-18-8-5-6-9-19(18)24-20(27(28,29)30)12-13-21(31-24)33-40(37,38)23-11-7-10-22(32-23)34-14-16-35(17-15-34)25(36)39-26(2,3)4/h5-13H,14-17H2,1-4H3,(H,31,33). The van der Waals surface area contributed by atoms with Crippen LogP contribution < -0.4 is 9.62 Å². The number of hydrogen-bond donors (Lipinski definition) is 1. The lowest BCUT2D eigenvalue weighted by Crippen LogP contribution is -2.50. The Kier molecular flexibility index (Phi) is 7.97. The summed E-state index contributed by atoms with van der Waals surface area (Å²) in [5, 5.41) is -0.321. The molecule has 1 saturated heterocycles. The average Bonchev–Trinajstić information content (AvgIpc) is 2.87. The Hall–Kier alpha value is -3.87. The minimum absolute atomic E-state index is 0.238. The van der Waals surface area contributed by atoms with Crippen LogP contribution in [-0.2, 0) is 20.9 Å². The number of pyridine rings is 2. The van der Waals surface area contributed by atoms with Crippen LogP contribution in [0.15, 0.2) is 59.6 Å². The largest absolute Gasteiger partial charge is 0.444 e. The van der Waals surface area contributed by atoms with Crippen LogP contribution in [0.4, 0.5) is 29.6 Å². The van der Waals surface area contributed by atoms with Gasteiger partial charge in [-0.2, -0.15) is 21.6 Å². The van der Waals surface area contributed by atoms with Crippen molar-refractivity contribution < 1.29 is 31.1 Å². The summed E-state index contributed by atoms with van der Waals surface area (Å²) < 4.78 is 75.3. The monoisotopic (exact) mass is 577 g/mol. The fraction of sp³-hybridized carbons (Fsp3) is 0.370. The van der Waals surface area contributed by atoms with Crippen molar-refractivity contribution in [3.05, 3.63) is 65.7 Å². The van der Waals surface area contributed by atoms with Crippen LogP contribution in [0.2, 0.25) is 0 Å². The SMILES string of the molecule is Cc1ccccc1-c1nc(NS(=O)(=O)c2cccc(N3CCN(C(=O)OC(C)(C)C)CC3)n2)ccc1C(F)(F)F. The molecule has 4 rings (SSSR count). The van der Waals surface area contributed by atoms with Crippen LogP contribution in [0.1, 0.15) is 31.9 Å². The first-order chi connectivity index (χ1) is 18.6. The van der Waals surface area contributed by atoms with Gasteiger partial charge >= 0.3 is 12.3 Å². The van der Waals surface area contributed by atoms with Gasteiger partial charge in [0.15, 0.2) is 5.03 Å². The minimum Gasteiger partial charge on any atom is -0.444 e. The smallest absolute Gasteiger partial charge is 0.418 e. The van der Waals surface area contributed by atoms with E-state index in [9.17, 15) is 26.4 Å². The van der Waals surface area contributed by atoms with Gasteiger partial charge < -0.3 is 14.5 Å². The Morgan fingerprint density at radius 3 is 2.23 bits per heavy atom. The number of rotatable bonds is 5. The number of piperazine rings is 1. The van der Waals surface area contributed by atoms with Gasteiger partial charge in [-0.05, 0) is 57.5 Å². The van der Waals surface area contributed by atoms with Crippen LogP contribution in [0, 0.1) is 6.92 Å². The Labute approximate surface area is 231 Å². The first-order valence-electron chi connectivity index (χ1n) is 12.5. The van der Waals surface area contributed by atoms with Gasteiger partial charge in [-0.1, -0.05) is 30.3 Å². The molecule has 0 aliphatic carbocycles. The number of sulfonamides is 1. The number of nitrogens with one attached hydrogen (secondary N) is 1. The quantitative estimate of drug-likeness (QED) is 0.437. The lowest BCUT2D eigenvalue weighted by atomic mass is 10.0. The fourth-order valence-corrected chi connectivity index (χ4v) is 5.12. The zero-order valence-corrected chi connectivity index (χ0v) is 23.3. The van der Waals surface area contributed by atoms with Crippen molar-refractivity contribution >= 4 is 27.8 Å². The van der Waals surface area contributed by atoms with E-state index in [1.165, 1.54) is 18.2 Å². The van der Waals surface area contributed by atoms with E-state index in [2.05, 4.69) is 14.7 Å². The molecule has 40 heavy (non-hydrogen) atoms. The number of carbonyl (C=O) groups excluding carboxylic acids is 1. The van der Waals surface area contributed by atoms with Crippen molar-refractivity contribution in [2.24, 2.45) is 0 Å². The van der Waals surface area contributed by atoms with E-state index in [-0.39, 0.29) is 22.1 Å². The van der Waals surface area contributed by atoms with E-state index in [0.29, 0.717) is 37.6 Å². The molecule has 1 aliphatic rings. The summed E-state index contributed by atoms with van der Waals surface area (Å²) in [6, 6.07) is 12.7. The summed E-state index contributed by atoms with van der Waals surface area (Å²) in [6.07, 6.45) is -5.11. The highest BCUT2D eigenvalue weighted by atomic mass is 32.2. The molecule has 13 heteroatoms. The lowest BCUT2D eigenvalue weighted by molar-refractivity contribution is -0.137. The molecule has 9 nitrogen and oxygen atoms in total. The molecule has 0 saturated carbocycles. The molecular weight excluding hydrogens is 547 g/mol. The summed E-state index contributed by atoms with van der Waals surface area (Å²) in [4.78, 5) is 24.1. The highest BCUT2D eigenvalue weighted by molar-refractivity contribution is 7.92. The Morgan fingerprint density at radius 1 is 0.925 bits per heavy atom. The van der Waals surface area contributed by atoms with E-state index in [4.69, 9.17) is 4.74 Å². The van der Waals surface area contributed by atoms with Gasteiger partial charge in [-0.25, -0.2) is 14.8 Å². The number of aryl methyl sites for hydroxylation is 1. The van der Waals surface area contributed by atoms with E-state index < -0.39 is 33.5 Å². The lowest BCUT2D eigenvalue weighted by Gasteiger charge is -2.36. The summed E-state index contributed by atoms with van der Waals surface area (Å²) >= 11 is 0. The maximum Gasteiger partial charge on any atom is 0.418 e. The maximum absolute atomic E-state index is 13.7. The van der Waals surface area contributed by atoms with Crippen LogP contribution >= 0.6 is 0 Å². The van der Waals surface area contributed by atoms with E-state index in [1.54, 1.807) is 56.9 Å². The molecule has 1 aliphatic heterocycles. The van der Waals surface area contributed by atoms with Crippen molar-refractivity contribution in [3.8, 4) is 11.3 Å².